The number of nitrogen functional groups attached to an aromatic ring is 1. The van der Waals surface area contributed by atoms with Gasteiger partial charge in [-0.25, -0.2) is 0 Å². The fourth-order valence-corrected chi connectivity index (χ4v) is 13.1. The Morgan fingerprint density at radius 2 is 0.895 bits per heavy atom. The topological polar surface area (TPSA) is 99.0 Å². The van der Waals surface area contributed by atoms with E-state index in [1.165, 1.54) is 162 Å². The minimum atomic E-state index is -0.514. The van der Waals surface area contributed by atoms with Crippen molar-refractivity contribution in [2.45, 2.75) is 302 Å². The molecule has 1 aliphatic carbocycles. The lowest BCUT2D eigenvalue weighted by Gasteiger charge is -2.41. The van der Waals surface area contributed by atoms with E-state index < -0.39 is 5.41 Å². The first kappa shape index (κ1) is 85.2. The van der Waals surface area contributed by atoms with Gasteiger partial charge < -0.3 is 25.8 Å². The van der Waals surface area contributed by atoms with Gasteiger partial charge in [0.15, 0.2) is 5.78 Å². The van der Waals surface area contributed by atoms with E-state index in [0.29, 0.717) is 24.2 Å². The molecule has 1 amide bonds. The van der Waals surface area contributed by atoms with Crippen LogP contribution in [0.3, 0.4) is 0 Å². The number of Topliss-reactive ketones (excluding diaryl/α,β-unsaturated/α-hetero) is 2. The third-order valence-electron chi connectivity index (χ3n) is 21.3. The van der Waals surface area contributed by atoms with Gasteiger partial charge in [0.25, 0.3) is 5.91 Å². The van der Waals surface area contributed by atoms with E-state index in [1.54, 1.807) is 4.90 Å². The molecule has 0 bridgehead atoms. The van der Waals surface area contributed by atoms with Crippen LogP contribution in [0.5, 0.6) is 0 Å². The second-order valence-electron chi connectivity index (χ2n) is 29.5. The number of nitrogens with two attached hydrogens (primary N) is 1. The van der Waals surface area contributed by atoms with Crippen LogP contribution in [0.1, 0.15) is 288 Å². The number of ketones is 2. The van der Waals surface area contributed by atoms with Gasteiger partial charge in [0.1, 0.15) is 0 Å². The zero-order valence-corrected chi connectivity index (χ0v) is 64.3. The molecule has 3 saturated heterocycles. The zero-order valence-electron chi connectivity index (χ0n) is 64.3. The molecule has 3 atom stereocenters. The van der Waals surface area contributed by atoms with Gasteiger partial charge in [-0.05, 0) is 193 Å². The molecule has 8 rings (SSSR count). The number of nitrogens with one attached hydrogen (secondary N) is 1. The number of likely N-dealkylation sites (tertiary alicyclic amines) is 3. The summed E-state index contributed by atoms with van der Waals surface area (Å²) >= 11 is 0. The molecule has 4 aromatic carbocycles. The van der Waals surface area contributed by atoms with Gasteiger partial charge in [-0.15, -0.1) is 0 Å². The van der Waals surface area contributed by atoms with Gasteiger partial charge in [-0.3, -0.25) is 14.4 Å². The molecule has 1 saturated carbocycles. The number of hydrogen-bond donors (Lipinski definition) is 2. The van der Waals surface area contributed by atoms with Crippen LogP contribution in [0.2, 0.25) is 0 Å². The van der Waals surface area contributed by atoms with Crippen molar-refractivity contribution in [2.75, 3.05) is 37.7 Å². The highest BCUT2D eigenvalue weighted by atomic mass is 16.2. The highest BCUT2D eigenvalue weighted by molar-refractivity contribution is 6.38. The number of hydrogen-bond acceptors (Lipinski definition) is 7. The molecule has 4 aromatic rings. The smallest absolute Gasteiger partial charge is 0.290 e. The first-order valence-electron chi connectivity index (χ1n) is 38.0. The lowest BCUT2D eigenvalue weighted by molar-refractivity contribution is -0.149. The van der Waals surface area contributed by atoms with Crippen molar-refractivity contribution in [1.82, 2.24) is 14.7 Å². The van der Waals surface area contributed by atoms with Crippen LogP contribution in [-0.4, -0.2) is 77.0 Å². The highest BCUT2D eigenvalue weighted by Crippen LogP contribution is 2.47. The maximum Gasteiger partial charge on any atom is 0.290 e. The zero-order chi connectivity index (χ0) is 71.2. The van der Waals surface area contributed by atoms with Crippen LogP contribution in [-0.2, 0) is 32.6 Å². The second-order valence-corrected chi connectivity index (χ2v) is 29.5. The Balaban J connectivity index is 0.000000389. The summed E-state index contributed by atoms with van der Waals surface area (Å²) in [5, 5.41) is 3.11. The number of unbranched alkanes of at least 4 members (excludes halogenated alkanes) is 6. The normalized spacial score (nSPS) is 17.4. The number of amides is 1. The van der Waals surface area contributed by atoms with E-state index in [-0.39, 0.29) is 39.8 Å². The van der Waals surface area contributed by atoms with E-state index in [1.807, 2.05) is 74.6 Å². The van der Waals surface area contributed by atoms with Crippen molar-refractivity contribution in [3.05, 3.63) is 168 Å². The number of allylic oxidation sites excluding steroid dienone is 2. The largest absolute Gasteiger partial charge is 0.399 e. The van der Waals surface area contributed by atoms with E-state index in [2.05, 4.69) is 194 Å². The Morgan fingerprint density at radius 3 is 1.31 bits per heavy atom. The lowest BCUT2D eigenvalue weighted by Crippen LogP contribution is -2.44. The molecule has 0 spiro atoms. The molecular weight excluding hydrogens is 1160 g/mol. The van der Waals surface area contributed by atoms with Gasteiger partial charge >= 0.3 is 0 Å². The van der Waals surface area contributed by atoms with Crippen LogP contribution >= 0.6 is 0 Å². The van der Waals surface area contributed by atoms with Crippen molar-refractivity contribution in [3.8, 4) is 0 Å². The average molecular weight is 1310 g/mol. The molecule has 8 nitrogen and oxygen atoms in total. The van der Waals surface area contributed by atoms with Crippen molar-refractivity contribution >= 4 is 28.8 Å². The van der Waals surface area contributed by atoms with Gasteiger partial charge in [0, 0.05) is 78.1 Å². The molecule has 0 radical (unpaired) electrons. The summed E-state index contributed by atoms with van der Waals surface area (Å²) < 4.78 is 0. The van der Waals surface area contributed by atoms with Gasteiger partial charge in [0.2, 0.25) is 5.78 Å². The van der Waals surface area contributed by atoms with Crippen LogP contribution < -0.4 is 11.1 Å². The van der Waals surface area contributed by atoms with Gasteiger partial charge in [-0.1, -0.05) is 253 Å². The number of benzene rings is 4. The van der Waals surface area contributed by atoms with Crippen molar-refractivity contribution in [2.24, 2.45) is 22.2 Å². The maximum atomic E-state index is 12.2. The molecular formula is C87H141N5O3. The summed E-state index contributed by atoms with van der Waals surface area (Å²) in [5.74, 6) is 0.625. The molecule has 0 aromatic heterocycles. The number of anilines is 2. The van der Waals surface area contributed by atoms with Gasteiger partial charge in [0.05, 0.1) is 5.70 Å². The summed E-state index contributed by atoms with van der Waals surface area (Å²) in [6.45, 7) is 51.0. The van der Waals surface area contributed by atoms with Crippen LogP contribution in [0.4, 0.5) is 11.4 Å². The quantitative estimate of drug-likeness (QED) is 0.0212. The minimum Gasteiger partial charge on any atom is -0.399 e. The predicted octanol–water partition coefficient (Wildman–Crippen LogP) is 23.2. The molecule has 3 unspecified atom stereocenters. The van der Waals surface area contributed by atoms with E-state index in [9.17, 15) is 14.4 Å². The Kier molecular flexibility index (Phi) is 40.2. The van der Waals surface area contributed by atoms with Gasteiger partial charge in [-0.2, -0.15) is 0 Å². The molecule has 3 aliphatic heterocycles. The van der Waals surface area contributed by atoms with Crippen molar-refractivity contribution in [1.29, 1.82) is 0 Å². The summed E-state index contributed by atoms with van der Waals surface area (Å²) in [5.41, 5.74) is 16.3. The third kappa shape index (κ3) is 28.2. The summed E-state index contributed by atoms with van der Waals surface area (Å²) in [6.07, 6.45) is 30.9. The molecule has 532 valence electrons. The van der Waals surface area contributed by atoms with Crippen molar-refractivity contribution in [3.63, 3.8) is 0 Å². The SMILES string of the molecule is C=C(C(=C)C(C)(C)CC)N1CCCC1C.C=C(C(=O)C(C)(C)CC)N1CCCC1C.CC.CCC(C)(C)C(=O)C(=O)N1CCCC1C.CCCC1CCC(c2ccccc2)(c2ccccc2)CC1.CCCCCCCCc1ccc(N)cc1.CCCCc1ccc(NC)cc1. The predicted molar refractivity (Wildman–Crippen MR) is 415 cm³/mol. The molecule has 3 heterocycles. The van der Waals surface area contributed by atoms with Crippen molar-refractivity contribution < 1.29 is 14.4 Å². The van der Waals surface area contributed by atoms with E-state index in [4.69, 9.17) is 5.73 Å². The number of carbonyl (C=O) groups excluding carboxylic acids is 3. The van der Waals surface area contributed by atoms with Crippen LogP contribution in [0.25, 0.3) is 0 Å². The molecule has 95 heavy (non-hydrogen) atoms. The Morgan fingerprint density at radius 1 is 0.495 bits per heavy atom. The van der Waals surface area contributed by atoms with E-state index in [0.717, 1.165) is 62.6 Å². The second kappa shape index (κ2) is 44.8. The number of aryl methyl sites for hydroxylation is 2. The molecule has 3 N–H and O–H groups in total. The Bertz CT molecular complexity index is 2600. The minimum absolute atomic E-state index is 0.180. The number of nitrogens with zero attached hydrogens (tertiary/aromatic N) is 3. The van der Waals surface area contributed by atoms with Crippen LogP contribution in [0.15, 0.2) is 146 Å². The first-order valence-corrected chi connectivity index (χ1v) is 38.0. The maximum absolute atomic E-state index is 12.2. The Labute approximate surface area is 584 Å². The Hall–Kier alpha value is -5.89. The van der Waals surface area contributed by atoms with Crippen LogP contribution in [0, 0.1) is 22.2 Å². The number of rotatable bonds is 26. The number of carbonyl (C=O) groups is 3. The summed E-state index contributed by atoms with van der Waals surface area (Å²) in [7, 11) is 1.95. The molecule has 8 heteroatoms. The average Bonchev–Trinajstić information content (AvgIpc) is 1.72. The first-order chi connectivity index (χ1) is 45.2. The summed E-state index contributed by atoms with van der Waals surface area (Å²) in [4.78, 5) is 42.4. The fourth-order valence-electron chi connectivity index (χ4n) is 13.1. The lowest BCUT2D eigenvalue weighted by atomic mass is 9.62. The molecule has 4 aliphatic rings. The summed E-state index contributed by atoms with van der Waals surface area (Å²) in [6, 6.07) is 40.6. The molecule has 4 fully saturated rings. The fraction of sp³-hybridized carbons (Fsp3) is 0.621. The monoisotopic (exact) mass is 1300 g/mol. The third-order valence-corrected chi connectivity index (χ3v) is 21.3. The standard InChI is InChI=1S/C21H26.C14H25N.C14H23N.C13H23NO.C12H21NO2.C11H17N.C2H6/c1-2-9-18-14-16-21(17-15-18,19-10-5-3-6-11-19)20-12-7-4-8-13-20;1-7-14(5,6)12(3)13(4)15-10-8-9-11(15)2;1-2-3-4-5-6-7-8-13-9-11-14(15)12-10-13;1-6-13(4,5)12(15)11(3)14-9-7-8-10(14)2;1-5-12(3,4)10(14)11(15)13-8-6-7-9(13)2;1-3-4-5-10-6-8-11(12-2)9-7-10;1-2/h3-8,10-13,18H,2,9,14-17H2,1H3;11H,3-4,7-10H2,1-2,5-6H3;9-12H,2-8,15H2,1H3;10H,3,6-9H2,1-2,4-5H3;9H,5-8H2,1-4H3;6-9,12H,3-5H2,1-2H3;1-2H3. The highest BCUT2D eigenvalue weighted by Gasteiger charge is 2.39. The van der Waals surface area contributed by atoms with E-state index >= 15 is 0 Å².